The van der Waals surface area contributed by atoms with Crippen LogP contribution in [0.1, 0.15) is 66.2 Å². The summed E-state index contributed by atoms with van der Waals surface area (Å²) in [6, 6.07) is 0. The minimum Gasteiger partial charge on any atom is -0.371 e. The Morgan fingerprint density at radius 1 is 0.947 bits per heavy atom. The van der Waals surface area contributed by atoms with E-state index in [1.54, 1.807) is 0 Å². The molecule has 19 heavy (non-hydrogen) atoms. The van der Waals surface area contributed by atoms with E-state index in [1.807, 2.05) is 0 Å². The molecule has 0 spiro atoms. The average Bonchev–Trinajstić information content (AvgIpc) is 2.31. The van der Waals surface area contributed by atoms with Gasteiger partial charge in [-0.05, 0) is 18.3 Å². The summed E-state index contributed by atoms with van der Waals surface area (Å²) in [4.78, 5) is 11.4. The highest BCUT2D eigenvalue weighted by Gasteiger charge is 2.01. The second kappa shape index (κ2) is 12.5. The molecule has 0 saturated heterocycles. The summed E-state index contributed by atoms with van der Waals surface area (Å²) in [7, 11) is 0. The number of carbonyl (C=O) groups excluding carboxylic acids is 1. The highest BCUT2D eigenvalue weighted by Crippen LogP contribution is 2.10. The second-order valence-electron chi connectivity index (χ2n) is 6.21. The Morgan fingerprint density at radius 2 is 1.58 bits per heavy atom. The molecule has 1 N–H and O–H groups in total. The number of carbonyl (C=O) groups is 1. The lowest BCUT2D eigenvalue weighted by Gasteiger charge is -2.08. The van der Waals surface area contributed by atoms with E-state index in [1.165, 1.54) is 32.1 Å². The van der Waals surface area contributed by atoms with Crippen molar-refractivity contribution >= 4 is 5.91 Å². The molecule has 114 valence electrons. The molecule has 0 aliphatic rings. The maximum absolute atomic E-state index is 11.4. The van der Waals surface area contributed by atoms with Crippen LogP contribution in [0.4, 0.5) is 0 Å². The fraction of sp³-hybridized carbons (Fsp3) is 0.938. The van der Waals surface area contributed by atoms with E-state index in [0.717, 1.165) is 18.9 Å². The van der Waals surface area contributed by atoms with Gasteiger partial charge in [0.15, 0.2) is 0 Å². The van der Waals surface area contributed by atoms with Crippen molar-refractivity contribution in [1.29, 1.82) is 0 Å². The Labute approximate surface area is 119 Å². The molecule has 0 aromatic carbocycles. The Hall–Kier alpha value is -0.570. The molecule has 0 radical (unpaired) electrons. The zero-order valence-electron chi connectivity index (χ0n) is 13.3. The van der Waals surface area contributed by atoms with Crippen molar-refractivity contribution in [3.8, 4) is 0 Å². The van der Waals surface area contributed by atoms with Crippen molar-refractivity contribution in [2.24, 2.45) is 11.8 Å². The zero-order chi connectivity index (χ0) is 14.5. The van der Waals surface area contributed by atoms with Gasteiger partial charge in [-0.3, -0.25) is 4.79 Å². The van der Waals surface area contributed by atoms with Crippen LogP contribution in [-0.4, -0.2) is 25.7 Å². The molecule has 0 heterocycles. The first-order valence-electron chi connectivity index (χ1n) is 7.86. The molecular weight excluding hydrogens is 238 g/mol. The molecule has 0 aliphatic heterocycles. The minimum absolute atomic E-state index is 0.0143. The Kier molecular flexibility index (Phi) is 12.1. The summed E-state index contributed by atoms with van der Waals surface area (Å²) in [6.45, 7) is 10.4. The highest BCUT2D eigenvalue weighted by atomic mass is 16.5. The number of amides is 1. The molecule has 0 fully saturated rings. The first-order chi connectivity index (χ1) is 9.02. The summed E-state index contributed by atoms with van der Waals surface area (Å²) in [5.74, 6) is 1.32. The van der Waals surface area contributed by atoms with Crippen LogP contribution in [0.3, 0.4) is 0 Å². The van der Waals surface area contributed by atoms with Crippen molar-refractivity contribution in [2.45, 2.75) is 66.2 Å². The predicted octanol–water partition coefficient (Wildman–Crippen LogP) is 3.77. The summed E-state index contributed by atoms with van der Waals surface area (Å²) < 4.78 is 5.28. The predicted molar refractivity (Wildman–Crippen MR) is 81.2 cm³/mol. The number of ether oxygens (including phenoxy) is 1. The fourth-order valence-electron chi connectivity index (χ4n) is 1.87. The van der Waals surface area contributed by atoms with Gasteiger partial charge < -0.3 is 10.1 Å². The largest absolute Gasteiger partial charge is 0.371 e. The molecule has 0 bridgehead atoms. The van der Waals surface area contributed by atoms with Gasteiger partial charge in [-0.25, -0.2) is 0 Å². The van der Waals surface area contributed by atoms with Gasteiger partial charge >= 0.3 is 0 Å². The van der Waals surface area contributed by atoms with Crippen molar-refractivity contribution < 1.29 is 9.53 Å². The molecule has 0 aliphatic carbocycles. The number of hydrogen-bond acceptors (Lipinski definition) is 2. The minimum atomic E-state index is 0.0143. The molecule has 0 aromatic heterocycles. The summed E-state index contributed by atoms with van der Waals surface area (Å²) >= 11 is 0. The van der Waals surface area contributed by atoms with E-state index in [4.69, 9.17) is 4.74 Å². The maximum Gasteiger partial charge on any atom is 0.245 e. The molecule has 0 saturated carbocycles. The lowest BCUT2D eigenvalue weighted by atomic mass is 10.0. The topological polar surface area (TPSA) is 38.3 Å². The molecule has 0 aromatic rings. The van der Waals surface area contributed by atoms with E-state index in [9.17, 15) is 4.79 Å². The number of unbranched alkanes of at least 4 members (excludes halogenated alkanes) is 4. The Morgan fingerprint density at radius 3 is 2.21 bits per heavy atom. The van der Waals surface area contributed by atoms with E-state index < -0.39 is 0 Å². The third-order valence-electron chi connectivity index (χ3n) is 2.96. The van der Waals surface area contributed by atoms with Crippen LogP contribution in [0.25, 0.3) is 0 Å². The van der Waals surface area contributed by atoms with Crippen LogP contribution in [0, 0.1) is 11.8 Å². The monoisotopic (exact) mass is 271 g/mol. The van der Waals surface area contributed by atoms with Crippen LogP contribution in [0.5, 0.6) is 0 Å². The van der Waals surface area contributed by atoms with Gasteiger partial charge in [0.2, 0.25) is 5.91 Å². The van der Waals surface area contributed by atoms with Gasteiger partial charge in [0.05, 0.1) is 0 Å². The lowest BCUT2D eigenvalue weighted by Crippen LogP contribution is -2.29. The first-order valence-corrected chi connectivity index (χ1v) is 7.86. The van der Waals surface area contributed by atoms with Gasteiger partial charge in [-0.15, -0.1) is 0 Å². The van der Waals surface area contributed by atoms with Crippen LogP contribution in [0.15, 0.2) is 0 Å². The Bertz CT molecular complexity index is 215. The van der Waals surface area contributed by atoms with E-state index in [2.05, 4.69) is 33.0 Å². The molecule has 0 unspecified atom stereocenters. The van der Waals surface area contributed by atoms with Crippen molar-refractivity contribution in [3.05, 3.63) is 0 Å². The van der Waals surface area contributed by atoms with E-state index in [-0.39, 0.29) is 12.5 Å². The van der Waals surface area contributed by atoms with Crippen LogP contribution in [0.2, 0.25) is 0 Å². The highest BCUT2D eigenvalue weighted by molar-refractivity contribution is 5.77. The van der Waals surface area contributed by atoms with Crippen molar-refractivity contribution in [1.82, 2.24) is 5.32 Å². The van der Waals surface area contributed by atoms with Gasteiger partial charge in [-0.2, -0.15) is 0 Å². The number of rotatable bonds is 12. The van der Waals surface area contributed by atoms with E-state index in [0.29, 0.717) is 12.5 Å². The van der Waals surface area contributed by atoms with E-state index >= 15 is 0 Å². The van der Waals surface area contributed by atoms with Crippen molar-refractivity contribution in [2.75, 3.05) is 19.8 Å². The molecule has 1 amide bonds. The van der Waals surface area contributed by atoms with Crippen molar-refractivity contribution in [3.63, 3.8) is 0 Å². The third kappa shape index (κ3) is 15.4. The van der Waals surface area contributed by atoms with Gasteiger partial charge in [0.25, 0.3) is 0 Å². The summed E-state index contributed by atoms with van der Waals surface area (Å²) in [5.41, 5.74) is 0. The molecule has 3 heteroatoms. The Balaban J connectivity index is 3.18. The molecule has 0 atom stereocenters. The summed E-state index contributed by atoms with van der Waals surface area (Å²) in [5, 5.41) is 2.90. The number of nitrogens with one attached hydrogen (secondary N) is 1. The quantitative estimate of drug-likeness (QED) is 0.549. The van der Waals surface area contributed by atoms with Crippen LogP contribution < -0.4 is 5.32 Å². The molecule has 3 nitrogen and oxygen atoms in total. The first kappa shape index (κ1) is 18.4. The van der Waals surface area contributed by atoms with Crippen LogP contribution >= 0.6 is 0 Å². The third-order valence-corrected chi connectivity index (χ3v) is 2.96. The van der Waals surface area contributed by atoms with Crippen LogP contribution in [-0.2, 0) is 9.53 Å². The molecule has 0 rings (SSSR count). The molecular formula is C16H33NO2. The average molecular weight is 271 g/mol. The smallest absolute Gasteiger partial charge is 0.245 e. The standard InChI is InChI=1S/C16H33NO2/c1-14(2)10-8-6-5-7-9-11-17-16(18)13-19-12-15(3)4/h14-15H,5-13H2,1-4H3,(H,17,18). The lowest BCUT2D eigenvalue weighted by molar-refractivity contribution is -0.126. The zero-order valence-corrected chi connectivity index (χ0v) is 13.3. The summed E-state index contributed by atoms with van der Waals surface area (Å²) in [6.07, 6.45) is 7.58. The van der Waals surface area contributed by atoms with Gasteiger partial charge in [0, 0.05) is 13.2 Å². The maximum atomic E-state index is 11.4. The fourth-order valence-corrected chi connectivity index (χ4v) is 1.87. The normalized spacial score (nSPS) is 11.3. The second-order valence-corrected chi connectivity index (χ2v) is 6.21. The number of hydrogen-bond donors (Lipinski definition) is 1. The van der Waals surface area contributed by atoms with Gasteiger partial charge in [0.1, 0.15) is 6.61 Å². The SMILES string of the molecule is CC(C)CCCCCCCNC(=O)COCC(C)C. The van der Waals surface area contributed by atoms with Gasteiger partial charge in [-0.1, -0.05) is 59.8 Å².